The summed E-state index contributed by atoms with van der Waals surface area (Å²) in [5.41, 5.74) is 0.874. The molecule has 3 aromatic rings. The monoisotopic (exact) mass is 309 g/mol. The van der Waals surface area contributed by atoms with Gasteiger partial charge in [-0.3, -0.25) is 0 Å². The fourth-order valence-corrected chi connectivity index (χ4v) is 2.99. The lowest BCUT2D eigenvalue weighted by Gasteiger charge is -2.16. The Bertz CT molecular complexity index is 780. The van der Waals surface area contributed by atoms with E-state index in [0.717, 1.165) is 35.7 Å². The molecule has 0 amide bonds. The van der Waals surface area contributed by atoms with Crippen LogP contribution in [0.25, 0.3) is 11.0 Å². The predicted octanol–water partition coefficient (Wildman–Crippen LogP) is 2.51. The van der Waals surface area contributed by atoms with E-state index >= 15 is 0 Å². The smallest absolute Gasteiger partial charge is 0.163 e. The Labute approximate surface area is 134 Å². The van der Waals surface area contributed by atoms with E-state index < -0.39 is 0 Å². The maximum atomic E-state index is 5.74. The van der Waals surface area contributed by atoms with Gasteiger partial charge < -0.3 is 9.64 Å². The van der Waals surface area contributed by atoms with E-state index in [1.165, 1.54) is 12.8 Å². The standard InChI is InChI=1S/C17H19N5O/c1-2-6-14(7-3-1)23-11-10-22-17-15(12-20-22)16(18-13-19-17)21-8-4-5-9-21/h1-3,6-7,12-13H,4-5,8-11H2. The molecule has 6 heteroatoms. The van der Waals surface area contributed by atoms with Crippen LogP contribution in [0.3, 0.4) is 0 Å². The van der Waals surface area contributed by atoms with Gasteiger partial charge in [-0.05, 0) is 25.0 Å². The Kier molecular flexibility index (Phi) is 3.80. The average molecular weight is 309 g/mol. The minimum atomic E-state index is 0.559. The predicted molar refractivity (Wildman–Crippen MR) is 88.7 cm³/mol. The van der Waals surface area contributed by atoms with Crippen molar-refractivity contribution >= 4 is 16.9 Å². The van der Waals surface area contributed by atoms with Crippen LogP contribution in [0.1, 0.15) is 12.8 Å². The van der Waals surface area contributed by atoms with Gasteiger partial charge in [-0.1, -0.05) is 18.2 Å². The first-order valence-electron chi connectivity index (χ1n) is 8.01. The molecular weight excluding hydrogens is 290 g/mol. The summed E-state index contributed by atoms with van der Waals surface area (Å²) in [5.74, 6) is 1.87. The number of rotatable bonds is 5. The Morgan fingerprint density at radius 2 is 1.87 bits per heavy atom. The number of fused-ring (bicyclic) bond motifs is 1. The van der Waals surface area contributed by atoms with Crippen molar-refractivity contribution in [3.63, 3.8) is 0 Å². The zero-order valence-corrected chi connectivity index (χ0v) is 12.9. The molecule has 1 fully saturated rings. The first-order chi connectivity index (χ1) is 11.4. The summed E-state index contributed by atoms with van der Waals surface area (Å²) in [6, 6.07) is 9.82. The third kappa shape index (κ3) is 2.84. The van der Waals surface area contributed by atoms with Crippen LogP contribution < -0.4 is 9.64 Å². The molecule has 0 radical (unpaired) electrons. The lowest BCUT2D eigenvalue weighted by Crippen LogP contribution is -2.19. The van der Waals surface area contributed by atoms with Crippen LogP contribution >= 0.6 is 0 Å². The van der Waals surface area contributed by atoms with Gasteiger partial charge in [-0.2, -0.15) is 5.10 Å². The summed E-state index contributed by atoms with van der Waals surface area (Å²) >= 11 is 0. The summed E-state index contributed by atoms with van der Waals surface area (Å²) in [6.07, 6.45) is 5.95. The number of benzene rings is 1. The van der Waals surface area contributed by atoms with E-state index in [4.69, 9.17) is 4.74 Å². The lowest BCUT2D eigenvalue weighted by atomic mass is 10.3. The topological polar surface area (TPSA) is 56.1 Å². The molecule has 1 aromatic carbocycles. The van der Waals surface area contributed by atoms with Gasteiger partial charge in [-0.15, -0.1) is 0 Å². The van der Waals surface area contributed by atoms with Crippen molar-refractivity contribution in [2.24, 2.45) is 0 Å². The molecule has 1 aliphatic rings. The van der Waals surface area contributed by atoms with E-state index in [2.05, 4.69) is 20.0 Å². The molecule has 0 spiro atoms. The second-order valence-electron chi connectivity index (χ2n) is 5.66. The molecule has 4 rings (SSSR count). The first kappa shape index (κ1) is 14.0. The Hall–Kier alpha value is -2.63. The van der Waals surface area contributed by atoms with Crippen LogP contribution in [0.5, 0.6) is 5.75 Å². The van der Waals surface area contributed by atoms with Gasteiger partial charge in [0.15, 0.2) is 5.65 Å². The molecule has 0 saturated carbocycles. The zero-order valence-electron chi connectivity index (χ0n) is 12.9. The van der Waals surface area contributed by atoms with E-state index in [0.29, 0.717) is 13.2 Å². The zero-order chi connectivity index (χ0) is 15.5. The molecule has 1 aliphatic heterocycles. The molecule has 23 heavy (non-hydrogen) atoms. The molecule has 0 unspecified atom stereocenters. The summed E-state index contributed by atoms with van der Waals surface area (Å²) in [5, 5.41) is 5.49. The minimum Gasteiger partial charge on any atom is -0.492 e. The van der Waals surface area contributed by atoms with Crippen molar-refractivity contribution < 1.29 is 4.74 Å². The van der Waals surface area contributed by atoms with Crippen LogP contribution in [0.4, 0.5) is 5.82 Å². The number of nitrogens with zero attached hydrogens (tertiary/aromatic N) is 5. The highest BCUT2D eigenvalue weighted by Crippen LogP contribution is 2.25. The maximum Gasteiger partial charge on any atom is 0.163 e. The number of hydrogen-bond donors (Lipinski definition) is 0. The van der Waals surface area contributed by atoms with Gasteiger partial charge in [0.25, 0.3) is 0 Å². The fraction of sp³-hybridized carbons (Fsp3) is 0.353. The molecule has 1 saturated heterocycles. The molecule has 0 aliphatic carbocycles. The van der Waals surface area contributed by atoms with Gasteiger partial charge >= 0.3 is 0 Å². The van der Waals surface area contributed by atoms with Gasteiger partial charge in [0.2, 0.25) is 0 Å². The fourth-order valence-electron chi connectivity index (χ4n) is 2.99. The lowest BCUT2D eigenvalue weighted by molar-refractivity contribution is 0.293. The second-order valence-corrected chi connectivity index (χ2v) is 5.66. The van der Waals surface area contributed by atoms with Crippen LogP contribution in [-0.4, -0.2) is 39.4 Å². The van der Waals surface area contributed by atoms with Crippen molar-refractivity contribution in [1.82, 2.24) is 19.7 Å². The quantitative estimate of drug-likeness (QED) is 0.725. The van der Waals surface area contributed by atoms with Crippen molar-refractivity contribution in [2.45, 2.75) is 19.4 Å². The molecule has 6 nitrogen and oxygen atoms in total. The third-order valence-corrected chi connectivity index (χ3v) is 4.13. The molecule has 0 bridgehead atoms. The summed E-state index contributed by atoms with van der Waals surface area (Å²) < 4.78 is 7.63. The van der Waals surface area contributed by atoms with Crippen molar-refractivity contribution in [3.8, 4) is 5.75 Å². The van der Waals surface area contributed by atoms with Gasteiger partial charge in [0.1, 0.15) is 24.5 Å². The highest BCUT2D eigenvalue weighted by molar-refractivity contribution is 5.86. The molecule has 0 atom stereocenters. The van der Waals surface area contributed by atoms with E-state index in [1.807, 2.05) is 41.2 Å². The number of hydrogen-bond acceptors (Lipinski definition) is 5. The van der Waals surface area contributed by atoms with Crippen LogP contribution in [0.2, 0.25) is 0 Å². The molecule has 0 N–H and O–H groups in total. The highest BCUT2D eigenvalue weighted by atomic mass is 16.5. The average Bonchev–Trinajstić information content (AvgIpc) is 3.26. The Morgan fingerprint density at radius 3 is 2.70 bits per heavy atom. The normalized spacial score (nSPS) is 14.5. The SMILES string of the molecule is c1ccc(OCCn2ncc3c(N4CCCC4)ncnc32)cc1. The minimum absolute atomic E-state index is 0.559. The first-order valence-corrected chi connectivity index (χ1v) is 8.01. The molecular formula is C17H19N5O. The Morgan fingerprint density at radius 1 is 1.04 bits per heavy atom. The second kappa shape index (κ2) is 6.24. The van der Waals surface area contributed by atoms with E-state index in [1.54, 1.807) is 6.33 Å². The van der Waals surface area contributed by atoms with E-state index in [9.17, 15) is 0 Å². The van der Waals surface area contributed by atoms with E-state index in [-0.39, 0.29) is 0 Å². The van der Waals surface area contributed by atoms with Crippen LogP contribution in [-0.2, 0) is 6.54 Å². The van der Waals surface area contributed by atoms with Crippen molar-refractivity contribution in [3.05, 3.63) is 42.9 Å². The summed E-state index contributed by atoms with van der Waals surface area (Å²) in [4.78, 5) is 11.2. The van der Waals surface area contributed by atoms with Gasteiger partial charge in [0.05, 0.1) is 18.1 Å². The number of aromatic nitrogens is 4. The largest absolute Gasteiger partial charge is 0.492 e. The number of anilines is 1. The van der Waals surface area contributed by atoms with Crippen LogP contribution in [0, 0.1) is 0 Å². The van der Waals surface area contributed by atoms with Crippen molar-refractivity contribution in [2.75, 3.05) is 24.6 Å². The number of para-hydroxylation sites is 1. The Balaban J connectivity index is 1.51. The van der Waals surface area contributed by atoms with Gasteiger partial charge in [-0.25, -0.2) is 14.6 Å². The summed E-state index contributed by atoms with van der Waals surface area (Å²) in [7, 11) is 0. The highest BCUT2D eigenvalue weighted by Gasteiger charge is 2.18. The van der Waals surface area contributed by atoms with Crippen LogP contribution in [0.15, 0.2) is 42.9 Å². The summed E-state index contributed by atoms with van der Waals surface area (Å²) in [6.45, 7) is 3.35. The third-order valence-electron chi connectivity index (χ3n) is 4.13. The molecule has 118 valence electrons. The molecule has 3 heterocycles. The molecule has 2 aromatic heterocycles. The van der Waals surface area contributed by atoms with Gasteiger partial charge in [0, 0.05) is 13.1 Å². The van der Waals surface area contributed by atoms with Crippen molar-refractivity contribution in [1.29, 1.82) is 0 Å². The maximum absolute atomic E-state index is 5.74. The number of ether oxygens (including phenoxy) is 1.